The molecule has 1 rings (SSSR count). The molecule has 7 heteroatoms. The number of carbonyl (C=O) groups excluding carboxylic acids is 1. The lowest BCUT2D eigenvalue weighted by atomic mass is 10.3. The van der Waals surface area contributed by atoms with Gasteiger partial charge in [0.2, 0.25) is 5.91 Å². The highest BCUT2D eigenvalue weighted by atomic mass is 35.5. The Balaban J connectivity index is 2.42. The molecule has 1 amide bonds. The van der Waals surface area contributed by atoms with Gasteiger partial charge in [-0.3, -0.25) is 4.79 Å². The van der Waals surface area contributed by atoms with Gasteiger partial charge < -0.3 is 21.3 Å². The van der Waals surface area contributed by atoms with E-state index in [0.717, 1.165) is 0 Å². The van der Waals surface area contributed by atoms with E-state index in [1.54, 1.807) is 18.2 Å². The van der Waals surface area contributed by atoms with Gasteiger partial charge in [0.05, 0.1) is 29.2 Å². The van der Waals surface area contributed by atoms with Gasteiger partial charge in [-0.05, 0) is 18.2 Å². The van der Waals surface area contributed by atoms with Crippen LogP contribution < -0.4 is 11.1 Å². The highest BCUT2D eigenvalue weighted by Crippen LogP contribution is 2.24. The number of hydrogen-bond donors (Lipinski definition) is 4. The topological polar surface area (TPSA) is 95.6 Å². The normalized spacial score (nSPS) is 12.2. The molecule has 0 fully saturated rings. The Morgan fingerprint density at radius 2 is 2.28 bits per heavy atom. The lowest BCUT2D eigenvalue weighted by molar-refractivity contribution is -0.113. The van der Waals surface area contributed by atoms with Crippen molar-refractivity contribution in [2.75, 3.05) is 29.2 Å². The molecule has 5 nitrogen and oxygen atoms in total. The van der Waals surface area contributed by atoms with Gasteiger partial charge in [-0.15, -0.1) is 11.8 Å². The summed E-state index contributed by atoms with van der Waals surface area (Å²) < 4.78 is 0. The molecule has 0 spiro atoms. The van der Waals surface area contributed by atoms with Crippen molar-refractivity contribution in [2.45, 2.75) is 6.10 Å². The number of hydrogen-bond acceptors (Lipinski definition) is 5. The van der Waals surface area contributed by atoms with Crippen LogP contribution in [0.25, 0.3) is 0 Å². The first-order valence-electron chi connectivity index (χ1n) is 5.24. The second kappa shape index (κ2) is 7.48. The molecule has 5 N–H and O–H groups in total. The third-order valence-corrected chi connectivity index (χ3v) is 3.44. The number of aliphatic hydroxyl groups excluding tert-OH is 2. The third-order valence-electron chi connectivity index (χ3n) is 2.02. The first-order chi connectivity index (χ1) is 8.52. The van der Waals surface area contributed by atoms with Gasteiger partial charge in [0.1, 0.15) is 0 Å². The summed E-state index contributed by atoms with van der Waals surface area (Å²) in [5, 5.41) is 20.7. The third kappa shape index (κ3) is 5.14. The average Bonchev–Trinajstić information content (AvgIpc) is 2.33. The lowest BCUT2D eigenvalue weighted by Crippen LogP contribution is -2.19. The van der Waals surface area contributed by atoms with E-state index in [-0.39, 0.29) is 18.3 Å². The Labute approximate surface area is 114 Å². The van der Waals surface area contributed by atoms with Crippen LogP contribution in [0, 0.1) is 0 Å². The van der Waals surface area contributed by atoms with Crippen LogP contribution in [0.3, 0.4) is 0 Å². The summed E-state index contributed by atoms with van der Waals surface area (Å²) in [5.74, 6) is 0.231. The molecule has 100 valence electrons. The monoisotopic (exact) mass is 290 g/mol. The SMILES string of the molecule is Nc1ccc(Cl)c(NC(=O)CSCC(O)CO)c1. The van der Waals surface area contributed by atoms with Crippen LogP contribution in [0.15, 0.2) is 18.2 Å². The van der Waals surface area contributed by atoms with E-state index in [2.05, 4.69) is 5.32 Å². The van der Waals surface area contributed by atoms with Crippen LogP contribution in [-0.2, 0) is 4.79 Å². The second-order valence-electron chi connectivity index (χ2n) is 3.64. The van der Waals surface area contributed by atoms with Crippen molar-refractivity contribution in [1.29, 1.82) is 0 Å². The summed E-state index contributed by atoms with van der Waals surface area (Å²) in [6.07, 6.45) is -0.807. The minimum absolute atomic E-state index is 0.169. The van der Waals surface area contributed by atoms with Crippen molar-refractivity contribution < 1.29 is 15.0 Å². The largest absolute Gasteiger partial charge is 0.399 e. The second-order valence-corrected chi connectivity index (χ2v) is 5.08. The number of amides is 1. The average molecular weight is 291 g/mol. The molecule has 0 aliphatic heterocycles. The van der Waals surface area contributed by atoms with E-state index in [1.165, 1.54) is 11.8 Å². The smallest absolute Gasteiger partial charge is 0.234 e. The molecule has 0 aliphatic carbocycles. The van der Waals surface area contributed by atoms with E-state index in [9.17, 15) is 4.79 Å². The van der Waals surface area contributed by atoms with Gasteiger partial charge in [-0.1, -0.05) is 11.6 Å². The Morgan fingerprint density at radius 1 is 1.56 bits per heavy atom. The van der Waals surface area contributed by atoms with E-state index >= 15 is 0 Å². The van der Waals surface area contributed by atoms with E-state index in [4.69, 9.17) is 27.5 Å². The first-order valence-corrected chi connectivity index (χ1v) is 6.77. The summed E-state index contributed by atoms with van der Waals surface area (Å²) in [6, 6.07) is 4.83. The number of rotatable bonds is 6. The van der Waals surface area contributed by atoms with Crippen LogP contribution in [0.1, 0.15) is 0 Å². The summed E-state index contributed by atoms with van der Waals surface area (Å²) >= 11 is 7.12. The molecule has 0 aromatic heterocycles. The van der Waals surface area contributed by atoms with Crippen molar-refractivity contribution in [3.63, 3.8) is 0 Å². The molecular formula is C11H15ClN2O3S. The summed E-state index contributed by atoms with van der Waals surface area (Å²) in [7, 11) is 0. The van der Waals surface area contributed by atoms with Gasteiger partial charge in [-0.2, -0.15) is 0 Å². The molecular weight excluding hydrogens is 276 g/mol. The van der Waals surface area contributed by atoms with E-state index in [1.807, 2.05) is 0 Å². The minimum Gasteiger partial charge on any atom is -0.399 e. The van der Waals surface area contributed by atoms with Crippen LogP contribution in [0.2, 0.25) is 5.02 Å². The van der Waals surface area contributed by atoms with Crippen molar-refractivity contribution >= 4 is 40.6 Å². The number of thioether (sulfide) groups is 1. The Morgan fingerprint density at radius 3 is 2.94 bits per heavy atom. The number of halogens is 1. The highest BCUT2D eigenvalue weighted by molar-refractivity contribution is 8.00. The van der Waals surface area contributed by atoms with Crippen molar-refractivity contribution in [2.24, 2.45) is 0 Å². The molecule has 1 aromatic rings. The Kier molecular flexibility index (Phi) is 6.28. The summed E-state index contributed by atoms with van der Waals surface area (Å²) in [6.45, 7) is -0.310. The Bertz CT molecular complexity index is 417. The number of nitrogens with two attached hydrogens (primary N) is 1. The number of nitrogens with one attached hydrogen (secondary N) is 1. The molecule has 1 aromatic carbocycles. The molecule has 0 saturated carbocycles. The van der Waals surface area contributed by atoms with Gasteiger partial charge in [0.25, 0.3) is 0 Å². The quantitative estimate of drug-likeness (QED) is 0.585. The van der Waals surface area contributed by atoms with Gasteiger partial charge >= 0.3 is 0 Å². The van der Waals surface area contributed by atoms with Crippen molar-refractivity contribution in [3.05, 3.63) is 23.2 Å². The molecule has 0 aliphatic rings. The standard InChI is InChI=1S/C11H15ClN2O3S/c12-9-2-1-7(13)3-10(9)14-11(17)6-18-5-8(16)4-15/h1-3,8,15-16H,4-6,13H2,(H,14,17). The predicted molar refractivity (Wildman–Crippen MR) is 74.9 cm³/mol. The molecule has 1 unspecified atom stereocenters. The van der Waals surface area contributed by atoms with E-state index < -0.39 is 6.10 Å². The highest BCUT2D eigenvalue weighted by Gasteiger charge is 2.08. The molecule has 18 heavy (non-hydrogen) atoms. The molecule has 0 bridgehead atoms. The minimum atomic E-state index is -0.807. The predicted octanol–water partition coefficient (Wildman–Crippen LogP) is 0.947. The molecule has 0 radical (unpaired) electrons. The fourth-order valence-corrected chi connectivity index (χ4v) is 2.08. The fraction of sp³-hybridized carbons (Fsp3) is 0.364. The van der Waals surface area contributed by atoms with Crippen LogP contribution in [-0.4, -0.2) is 40.3 Å². The van der Waals surface area contributed by atoms with Gasteiger partial charge in [0.15, 0.2) is 0 Å². The van der Waals surface area contributed by atoms with Crippen LogP contribution >= 0.6 is 23.4 Å². The maximum absolute atomic E-state index is 11.6. The zero-order valence-corrected chi connectivity index (χ0v) is 11.2. The number of carbonyl (C=O) groups is 1. The van der Waals surface area contributed by atoms with E-state index in [0.29, 0.717) is 22.2 Å². The summed E-state index contributed by atoms with van der Waals surface area (Å²) in [4.78, 5) is 11.6. The maximum atomic E-state index is 11.6. The number of nitrogen functional groups attached to an aromatic ring is 1. The van der Waals surface area contributed by atoms with Gasteiger partial charge in [0, 0.05) is 11.4 Å². The first kappa shape index (κ1) is 15.1. The molecule has 0 heterocycles. The fourth-order valence-electron chi connectivity index (χ4n) is 1.17. The zero-order valence-electron chi connectivity index (χ0n) is 9.60. The van der Waals surface area contributed by atoms with Crippen molar-refractivity contribution in [3.8, 4) is 0 Å². The van der Waals surface area contributed by atoms with Gasteiger partial charge in [-0.25, -0.2) is 0 Å². The zero-order chi connectivity index (χ0) is 13.5. The molecule has 0 saturated heterocycles. The number of anilines is 2. The Hall–Kier alpha value is -0.950. The lowest BCUT2D eigenvalue weighted by Gasteiger charge is -2.09. The molecule has 1 atom stereocenters. The van der Waals surface area contributed by atoms with Crippen LogP contribution in [0.5, 0.6) is 0 Å². The summed E-state index contributed by atoms with van der Waals surface area (Å²) in [5.41, 5.74) is 6.56. The van der Waals surface area contributed by atoms with Crippen molar-refractivity contribution in [1.82, 2.24) is 0 Å². The number of benzene rings is 1. The maximum Gasteiger partial charge on any atom is 0.234 e. The van der Waals surface area contributed by atoms with Crippen LogP contribution in [0.4, 0.5) is 11.4 Å². The number of aliphatic hydroxyl groups is 2.